The number of aromatic nitrogens is 2. The maximum Gasteiger partial charge on any atom is 0.254 e. The van der Waals surface area contributed by atoms with Gasteiger partial charge in [-0.05, 0) is 6.07 Å². The highest BCUT2D eigenvalue weighted by Gasteiger charge is 2.10. The number of nitrogens with two attached hydrogens (primary N) is 1. The van der Waals surface area contributed by atoms with Gasteiger partial charge in [0.05, 0.1) is 5.56 Å². The molecule has 1 amide bonds. The number of nitrogens with one attached hydrogen (secondary N) is 1. The third kappa shape index (κ3) is 1.62. The number of carbonyl (C=O) groups is 1. The largest absolute Gasteiger partial charge is 0.382 e. The van der Waals surface area contributed by atoms with Crippen LogP contribution in [0, 0.1) is 0 Å². The number of carbonyl (C=O) groups excluding carboxylic acids is 1. The Bertz CT molecular complexity index is 314. The number of nitrogens with zero attached hydrogens (tertiary/aromatic N) is 2. The molecule has 0 radical (unpaired) electrons. The summed E-state index contributed by atoms with van der Waals surface area (Å²) in [5.41, 5.74) is 5.54. The Morgan fingerprint density at radius 1 is 1.67 bits per heavy atom. The average molecular weight is 187 g/mol. The quantitative estimate of drug-likeness (QED) is 0.651. The SMILES string of the molecule is CNC(=O)c1cc(N)nnc1Cl. The fourth-order valence-corrected chi connectivity index (χ4v) is 0.864. The second-order valence-electron chi connectivity index (χ2n) is 2.05. The van der Waals surface area contributed by atoms with E-state index in [2.05, 4.69) is 15.5 Å². The topological polar surface area (TPSA) is 80.9 Å². The molecule has 0 aliphatic carbocycles. The van der Waals surface area contributed by atoms with E-state index in [-0.39, 0.29) is 22.4 Å². The van der Waals surface area contributed by atoms with Gasteiger partial charge in [0.1, 0.15) is 5.82 Å². The highest BCUT2D eigenvalue weighted by Crippen LogP contribution is 2.12. The maximum atomic E-state index is 11.1. The van der Waals surface area contributed by atoms with Gasteiger partial charge in [0.2, 0.25) is 0 Å². The van der Waals surface area contributed by atoms with Gasteiger partial charge in [0.15, 0.2) is 5.15 Å². The summed E-state index contributed by atoms with van der Waals surface area (Å²) in [6.07, 6.45) is 0. The molecule has 6 heteroatoms. The molecule has 0 aliphatic rings. The number of amides is 1. The Morgan fingerprint density at radius 2 is 2.33 bits per heavy atom. The van der Waals surface area contributed by atoms with Gasteiger partial charge < -0.3 is 11.1 Å². The summed E-state index contributed by atoms with van der Waals surface area (Å²) in [4.78, 5) is 11.1. The van der Waals surface area contributed by atoms with Crippen LogP contribution in [0.25, 0.3) is 0 Å². The van der Waals surface area contributed by atoms with Crippen LogP contribution >= 0.6 is 11.6 Å². The van der Waals surface area contributed by atoms with E-state index in [1.165, 1.54) is 13.1 Å². The van der Waals surface area contributed by atoms with Crippen molar-refractivity contribution < 1.29 is 4.79 Å². The van der Waals surface area contributed by atoms with Crippen molar-refractivity contribution in [3.63, 3.8) is 0 Å². The number of nitrogen functional groups attached to an aromatic ring is 1. The lowest BCUT2D eigenvalue weighted by Crippen LogP contribution is -2.19. The van der Waals surface area contributed by atoms with Crippen molar-refractivity contribution >= 4 is 23.3 Å². The first-order chi connectivity index (χ1) is 5.65. The van der Waals surface area contributed by atoms with Crippen LogP contribution in [0.4, 0.5) is 5.82 Å². The first-order valence-corrected chi connectivity index (χ1v) is 3.53. The molecule has 0 fully saturated rings. The van der Waals surface area contributed by atoms with Crippen LogP contribution in [0.1, 0.15) is 10.4 Å². The predicted molar refractivity (Wildman–Crippen MR) is 44.8 cm³/mol. The van der Waals surface area contributed by atoms with Crippen LogP contribution in [0.5, 0.6) is 0 Å². The van der Waals surface area contributed by atoms with Gasteiger partial charge in [-0.3, -0.25) is 4.79 Å². The fraction of sp³-hybridized carbons (Fsp3) is 0.167. The van der Waals surface area contributed by atoms with Crippen molar-refractivity contribution in [1.82, 2.24) is 15.5 Å². The van der Waals surface area contributed by atoms with Gasteiger partial charge in [-0.25, -0.2) is 0 Å². The highest BCUT2D eigenvalue weighted by molar-refractivity contribution is 6.32. The maximum absolute atomic E-state index is 11.1. The molecular formula is C6H7ClN4O. The molecule has 3 N–H and O–H groups in total. The van der Waals surface area contributed by atoms with Crippen molar-refractivity contribution in [2.75, 3.05) is 12.8 Å². The fourth-order valence-electron chi connectivity index (χ4n) is 0.686. The third-order valence-corrected chi connectivity index (χ3v) is 1.52. The number of rotatable bonds is 1. The van der Waals surface area contributed by atoms with Crippen LogP contribution in [0.15, 0.2) is 6.07 Å². The number of halogens is 1. The summed E-state index contributed by atoms with van der Waals surface area (Å²) < 4.78 is 0. The van der Waals surface area contributed by atoms with Crippen molar-refractivity contribution in [3.8, 4) is 0 Å². The van der Waals surface area contributed by atoms with E-state index < -0.39 is 0 Å². The zero-order valence-corrected chi connectivity index (χ0v) is 7.09. The molecule has 1 heterocycles. The minimum Gasteiger partial charge on any atom is -0.382 e. The van der Waals surface area contributed by atoms with Gasteiger partial charge >= 0.3 is 0 Å². The average Bonchev–Trinajstić information content (AvgIpc) is 2.08. The summed E-state index contributed by atoms with van der Waals surface area (Å²) in [5, 5.41) is 9.40. The molecular weight excluding hydrogens is 180 g/mol. The van der Waals surface area contributed by atoms with E-state index in [4.69, 9.17) is 17.3 Å². The molecule has 0 aliphatic heterocycles. The molecule has 1 aromatic rings. The lowest BCUT2D eigenvalue weighted by molar-refractivity contribution is 0.0963. The Kier molecular flexibility index (Phi) is 2.44. The first kappa shape index (κ1) is 8.73. The summed E-state index contributed by atoms with van der Waals surface area (Å²) in [5.74, 6) is -0.167. The lowest BCUT2D eigenvalue weighted by Gasteiger charge is -2.00. The summed E-state index contributed by atoms with van der Waals surface area (Å²) in [6.45, 7) is 0. The predicted octanol–water partition coefficient (Wildman–Crippen LogP) is 0.0718. The highest BCUT2D eigenvalue weighted by atomic mass is 35.5. The van der Waals surface area contributed by atoms with E-state index in [0.717, 1.165) is 0 Å². The van der Waals surface area contributed by atoms with E-state index in [1.807, 2.05) is 0 Å². The first-order valence-electron chi connectivity index (χ1n) is 3.16. The minimum absolute atomic E-state index is 0.0450. The van der Waals surface area contributed by atoms with Crippen LogP contribution < -0.4 is 11.1 Å². The summed E-state index contributed by atoms with van der Waals surface area (Å²) >= 11 is 5.58. The Labute approximate surface area is 73.9 Å². The van der Waals surface area contributed by atoms with E-state index in [9.17, 15) is 4.79 Å². The Balaban J connectivity index is 3.13. The summed E-state index contributed by atoms with van der Waals surface area (Å²) in [7, 11) is 1.50. The number of hydrogen-bond acceptors (Lipinski definition) is 4. The molecule has 0 spiro atoms. The zero-order chi connectivity index (χ0) is 9.14. The van der Waals surface area contributed by atoms with Crippen molar-refractivity contribution in [2.24, 2.45) is 0 Å². The summed E-state index contributed by atoms with van der Waals surface area (Å²) in [6, 6.07) is 1.37. The normalized spacial score (nSPS) is 9.50. The Morgan fingerprint density at radius 3 is 2.92 bits per heavy atom. The lowest BCUT2D eigenvalue weighted by atomic mass is 10.3. The molecule has 0 aromatic carbocycles. The minimum atomic E-state index is -0.332. The second kappa shape index (κ2) is 3.36. The van der Waals surface area contributed by atoms with Crippen LogP contribution in [0.2, 0.25) is 5.15 Å². The van der Waals surface area contributed by atoms with Gasteiger partial charge in [0.25, 0.3) is 5.91 Å². The van der Waals surface area contributed by atoms with E-state index >= 15 is 0 Å². The van der Waals surface area contributed by atoms with Gasteiger partial charge in [-0.1, -0.05) is 11.6 Å². The van der Waals surface area contributed by atoms with Crippen LogP contribution in [-0.4, -0.2) is 23.2 Å². The zero-order valence-electron chi connectivity index (χ0n) is 6.34. The smallest absolute Gasteiger partial charge is 0.254 e. The Hall–Kier alpha value is -1.36. The molecule has 5 nitrogen and oxygen atoms in total. The van der Waals surface area contributed by atoms with E-state index in [0.29, 0.717) is 0 Å². The molecule has 12 heavy (non-hydrogen) atoms. The number of hydrogen-bond donors (Lipinski definition) is 2. The number of anilines is 1. The molecule has 64 valence electrons. The van der Waals surface area contributed by atoms with Crippen LogP contribution in [-0.2, 0) is 0 Å². The monoisotopic (exact) mass is 186 g/mol. The van der Waals surface area contributed by atoms with E-state index in [1.54, 1.807) is 0 Å². The molecule has 0 saturated heterocycles. The third-order valence-electron chi connectivity index (χ3n) is 1.24. The van der Waals surface area contributed by atoms with Crippen molar-refractivity contribution in [2.45, 2.75) is 0 Å². The molecule has 0 unspecified atom stereocenters. The van der Waals surface area contributed by atoms with Gasteiger partial charge in [0, 0.05) is 7.05 Å². The standard InChI is InChI=1S/C6H7ClN4O/c1-9-6(12)3-2-4(8)10-11-5(3)7/h2H,1H3,(H2,8,10)(H,9,12). The second-order valence-corrected chi connectivity index (χ2v) is 2.41. The van der Waals surface area contributed by atoms with Gasteiger partial charge in [-0.15, -0.1) is 10.2 Å². The molecule has 0 bridgehead atoms. The molecule has 0 saturated carbocycles. The van der Waals surface area contributed by atoms with Crippen molar-refractivity contribution in [1.29, 1.82) is 0 Å². The molecule has 1 aromatic heterocycles. The van der Waals surface area contributed by atoms with Crippen LogP contribution in [0.3, 0.4) is 0 Å². The molecule has 0 atom stereocenters. The van der Waals surface area contributed by atoms with Crippen molar-refractivity contribution in [3.05, 3.63) is 16.8 Å². The van der Waals surface area contributed by atoms with Gasteiger partial charge in [-0.2, -0.15) is 0 Å². The molecule has 1 rings (SSSR count).